The van der Waals surface area contributed by atoms with Gasteiger partial charge in [-0.25, -0.2) is 0 Å². The third-order valence-electron chi connectivity index (χ3n) is 2.94. The Bertz CT molecular complexity index is 671. The zero-order chi connectivity index (χ0) is 17.0. The molecule has 0 unspecified atom stereocenters. The Balaban J connectivity index is 2.14. The first-order valence-corrected chi connectivity index (χ1v) is 7.39. The smallest absolute Gasteiger partial charge is 0.394 e. The predicted molar refractivity (Wildman–Crippen MR) is 78.0 cm³/mol. The Hall–Kier alpha value is -1.97. The highest BCUT2D eigenvalue weighted by atomic mass is 32.1. The standard InChI is InChI=1S/C14H13F3N2O3S/c15-14(16,17)12-10(3-4-23-12)8-1-2-11(18-5-8)13(22)19-6-9(21)7-20/h1-5,9,20-21H,6-7H2,(H,19,22)/t9-/m1/s1. The number of carbonyl (C=O) groups excluding carboxylic acids is 1. The van der Waals surface area contributed by atoms with Gasteiger partial charge < -0.3 is 15.5 Å². The van der Waals surface area contributed by atoms with Crippen LogP contribution in [0.25, 0.3) is 11.1 Å². The molecule has 0 aliphatic rings. The minimum Gasteiger partial charge on any atom is -0.394 e. The number of thiophene rings is 1. The van der Waals surface area contributed by atoms with Crippen LogP contribution < -0.4 is 5.32 Å². The van der Waals surface area contributed by atoms with E-state index in [9.17, 15) is 18.0 Å². The first-order valence-electron chi connectivity index (χ1n) is 6.51. The van der Waals surface area contributed by atoms with E-state index in [2.05, 4.69) is 10.3 Å². The highest BCUT2D eigenvalue weighted by Crippen LogP contribution is 2.40. The van der Waals surface area contributed by atoms with Crippen LogP contribution in [0, 0.1) is 0 Å². The van der Waals surface area contributed by atoms with Crippen LogP contribution in [0.1, 0.15) is 15.4 Å². The Kier molecular flexibility index (Phi) is 5.34. The van der Waals surface area contributed by atoms with Gasteiger partial charge in [-0.3, -0.25) is 9.78 Å². The summed E-state index contributed by atoms with van der Waals surface area (Å²) in [6.45, 7) is -0.646. The number of amides is 1. The summed E-state index contributed by atoms with van der Waals surface area (Å²) in [4.78, 5) is 14.9. The molecule has 23 heavy (non-hydrogen) atoms. The number of aromatic nitrogens is 1. The number of halogens is 3. The molecule has 9 heteroatoms. The monoisotopic (exact) mass is 346 g/mol. The average molecular weight is 346 g/mol. The van der Waals surface area contributed by atoms with E-state index in [1.165, 1.54) is 29.8 Å². The SMILES string of the molecule is O=C(NC[C@@H](O)CO)c1ccc(-c2ccsc2C(F)(F)F)cn1. The van der Waals surface area contributed by atoms with Crippen LogP contribution in [0.15, 0.2) is 29.8 Å². The van der Waals surface area contributed by atoms with Crippen LogP contribution in [0.5, 0.6) is 0 Å². The molecule has 1 amide bonds. The number of hydrogen-bond donors (Lipinski definition) is 3. The second-order valence-electron chi connectivity index (χ2n) is 4.64. The van der Waals surface area contributed by atoms with E-state index in [-0.39, 0.29) is 23.4 Å². The molecule has 5 nitrogen and oxygen atoms in total. The summed E-state index contributed by atoms with van der Waals surface area (Å²) in [6.07, 6.45) is -4.34. The third-order valence-corrected chi connectivity index (χ3v) is 3.90. The highest BCUT2D eigenvalue weighted by molar-refractivity contribution is 7.10. The van der Waals surface area contributed by atoms with Crippen molar-refractivity contribution in [2.75, 3.05) is 13.2 Å². The summed E-state index contributed by atoms with van der Waals surface area (Å²) in [5.41, 5.74) is 0.269. The molecule has 2 rings (SSSR count). The zero-order valence-corrected chi connectivity index (χ0v) is 12.5. The molecule has 1 atom stereocenters. The van der Waals surface area contributed by atoms with Crippen molar-refractivity contribution in [1.82, 2.24) is 10.3 Å². The van der Waals surface area contributed by atoms with Crippen molar-refractivity contribution in [2.24, 2.45) is 0 Å². The van der Waals surface area contributed by atoms with Gasteiger partial charge in [0.1, 0.15) is 10.6 Å². The maximum atomic E-state index is 12.9. The van der Waals surface area contributed by atoms with Gasteiger partial charge in [-0.05, 0) is 17.5 Å². The van der Waals surface area contributed by atoms with E-state index in [4.69, 9.17) is 10.2 Å². The van der Waals surface area contributed by atoms with Crippen molar-refractivity contribution in [1.29, 1.82) is 0 Å². The van der Waals surface area contributed by atoms with E-state index in [0.717, 1.165) is 0 Å². The van der Waals surface area contributed by atoms with Crippen molar-refractivity contribution in [3.05, 3.63) is 40.3 Å². The van der Waals surface area contributed by atoms with Gasteiger partial charge in [-0.2, -0.15) is 13.2 Å². The lowest BCUT2D eigenvalue weighted by atomic mass is 10.1. The number of pyridine rings is 1. The molecule has 2 heterocycles. The topological polar surface area (TPSA) is 82.5 Å². The minimum atomic E-state index is -4.44. The fourth-order valence-electron chi connectivity index (χ4n) is 1.81. The molecule has 2 aromatic rings. The lowest BCUT2D eigenvalue weighted by Gasteiger charge is -2.10. The molecular formula is C14H13F3N2O3S. The van der Waals surface area contributed by atoms with Crippen molar-refractivity contribution in [3.63, 3.8) is 0 Å². The molecule has 0 aliphatic carbocycles. The minimum absolute atomic E-state index is 0.00248. The number of hydrogen-bond acceptors (Lipinski definition) is 5. The molecule has 0 aliphatic heterocycles. The summed E-state index contributed by atoms with van der Waals surface area (Å²) in [7, 11) is 0. The molecule has 0 radical (unpaired) electrons. The van der Waals surface area contributed by atoms with Crippen LogP contribution in [-0.4, -0.2) is 40.4 Å². The maximum Gasteiger partial charge on any atom is 0.426 e. The summed E-state index contributed by atoms with van der Waals surface area (Å²) < 4.78 is 38.6. The van der Waals surface area contributed by atoms with E-state index in [1.807, 2.05) is 0 Å². The number of alkyl halides is 3. The third kappa shape index (κ3) is 4.27. The lowest BCUT2D eigenvalue weighted by Crippen LogP contribution is -2.34. The van der Waals surface area contributed by atoms with Gasteiger partial charge in [0.05, 0.1) is 12.7 Å². The Morgan fingerprint density at radius 2 is 2.09 bits per heavy atom. The number of rotatable bonds is 5. The zero-order valence-electron chi connectivity index (χ0n) is 11.7. The Morgan fingerprint density at radius 1 is 1.35 bits per heavy atom. The first-order chi connectivity index (χ1) is 10.8. The number of nitrogens with one attached hydrogen (secondary N) is 1. The molecular weight excluding hydrogens is 333 g/mol. The van der Waals surface area contributed by atoms with Crippen molar-refractivity contribution >= 4 is 17.2 Å². The molecule has 0 aromatic carbocycles. The van der Waals surface area contributed by atoms with E-state index in [1.54, 1.807) is 0 Å². The van der Waals surface area contributed by atoms with Crippen molar-refractivity contribution < 1.29 is 28.2 Å². The second kappa shape index (κ2) is 7.07. The number of carbonyl (C=O) groups is 1. The first kappa shape index (κ1) is 17.4. The molecule has 0 spiro atoms. The molecule has 3 N–H and O–H groups in total. The molecule has 0 fully saturated rings. The second-order valence-corrected chi connectivity index (χ2v) is 5.56. The van der Waals surface area contributed by atoms with Crippen LogP contribution >= 0.6 is 11.3 Å². The van der Waals surface area contributed by atoms with Gasteiger partial charge in [0.2, 0.25) is 0 Å². The van der Waals surface area contributed by atoms with Crippen LogP contribution in [0.2, 0.25) is 0 Å². The van der Waals surface area contributed by atoms with Crippen molar-refractivity contribution in [2.45, 2.75) is 12.3 Å². The van der Waals surface area contributed by atoms with Gasteiger partial charge in [0.25, 0.3) is 5.91 Å². The van der Waals surface area contributed by atoms with Crippen LogP contribution in [0.3, 0.4) is 0 Å². The van der Waals surface area contributed by atoms with E-state index in [0.29, 0.717) is 11.3 Å². The Morgan fingerprint density at radius 3 is 2.65 bits per heavy atom. The van der Waals surface area contributed by atoms with Gasteiger partial charge >= 0.3 is 6.18 Å². The predicted octanol–water partition coefficient (Wildman–Crippen LogP) is 1.91. The maximum absolute atomic E-state index is 12.9. The van der Waals surface area contributed by atoms with Crippen LogP contribution in [0.4, 0.5) is 13.2 Å². The van der Waals surface area contributed by atoms with E-state index < -0.39 is 29.7 Å². The largest absolute Gasteiger partial charge is 0.426 e. The molecule has 0 bridgehead atoms. The van der Waals surface area contributed by atoms with Crippen molar-refractivity contribution in [3.8, 4) is 11.1 Å². The van der Waals surface area contributed by atoms with Gasteiger partial charge in [0, 0.05) is 23.9 Å². The number of nitrogens with zero attached hydrogens (tertiary/aromatic N) is 1. The van der Waals surface area contributed by atoms with Crippen LogP contribution in [-0.2, 0) is 6.18 Å². The van der Waals surface area contributed by atoms with Gasteiger partial charge in [0.15, 0.2) is 0 Å². The number of aliphatic hydroxyl groups is 2. The quantitative estimate of drug-likeness (QED) is 0.772. The summed E-state index contributed by atoms with van der Waals surface area (Å²) in [5.74, 6) is -0.592. The molecule has 0 saturated heterocycles. The van der Waals surface area contributed by atoms with Gasteiger partial charge in [-0.15, -0.1) is 11.3 Å². The number of aliphatic hydroxyl groups excluding tert-OH is 2. The molecule has 2 aromatic heterocycles. The normalized spacial score (nSPS) is 12.9. The highest BCUT2D eigenvalue weighted by Gasteiger charge is 2.35. The lowest BCUT2D eigenvalue weighted by molar-refractivity contribution is -0.133. The fraction of sp³-hybridized carbons (Fsp3) is 0.286. The molecule has 0 saturated carbocycles. The summed E-state index contributed by atoms with van der Waals surface area (Å²) >= 11 is 0.592. The average Bonchev–Trinajstić information content (AvgIpc) is 3.02. The summed E-state index contributed by atoms with van der Waals surface area (Å²) in [5, 5.41) is 21.5. The summed E-state index contributed by atoms with van der Waals surface area (Å²) in [6, 6.07) is 4.03. The van der Waals surface area contributed by atoms with Gasteiger partial charge in [-0.1, -0.05) is 6.07 Å². The molecule has 124 valence electrons. The Labute approximate surface area is 133 Å². The van der Waals surface area contributed by atoms with E-state index >= 15 is 0 Å². The fourth-order valence-corrected chi connectivity index (χ4v) is 2.60.